The zero-order valence-electron chi connectivity index (χ0n) is 10.2. The summed E-state index contributed by atoms with van der Waals surface area (Å²) >= 11 is 1.44. The van der Waals surface area contributed by atoms with Gasteiger partial charge >= 0.3 is 6.03 Å². The van der Waals surface area contributed by atoms with Crippen LogP contribution in [0.25, 0.3) is 0 Å². The number of nitrogens with one attached hydrogen (secondary N) is 1. The highest BCUT2D eigenvalue weighted by molar-refractivity contribution is 8.00. The molecule has 0 saturated carbocycles. The van der Waals surface area contributed by atoms with Crippen molar-refractivity contribution in [2.24, 2.45) is 5.73 Å². The van der Waals surface area contributed by atoms with E-state index in [2.05, 4.69) is 17.4 Å². The molecule has 1 aromatic carbocycles. The minimum atomic E-state index is -0.804. The van der Waals surface area contributed by atoms with Gasteiger partial charge in [0.15, 0.2) is 0 Å². The van der Waals surface area contributed by atoms with E-state index in [-0.39, 0.29) is 11.2 Å². The molecule has 3 N–H and O–H groups in total. The number of rotatable bonds is 3. The number of nitrogens with two attached hydrogens (primary N) is 1. The number of benzene rings is 1. The number of urea groups is 1. The van der Waals surface area contributed by atoms with Crippen LogP contribution in [-0.2, 0) is 17.6 Å². The summed E-state index contributed by atoms with van der Waals surface area (Å²) in [4.78, 5) is 23.2. The van der Waals surface area contributed by atoms with Crippen LogP contribution in [0.4, 0.5) is 4.79 Å². The lowest BCUT2D eigenvalue weighted by molar-refractivity contribution is -0.119. The molecule has 18 heavy (non-hydrogen) atoms. The van der Waals surface area contributed by atoms with E-state index < -0.39 is 6.03 Å². The number of hydrogen-bond donors (Lipinski definition) is 2. The van der Waals surface area contributed by atoms with Gasteiger partial charge in [-0.1, -0.05) is 6.07 Å². The summed E-state index contributed by atoms with van der Waals surface area (Å²) in [5.41, 5.74) is 7.71. The van der Waals surface area contributed by atoms with Crippen molar-refractivity contribution in [2.75, 3.05) is 0 Å². The largest absolute Gasteiger partial charge is 0.351 e. The van der Waals surface area contributed by atoms with Gasteiger partial charge in [0.1, 0.15) is 0 Å². The quantitative estimate of drug-likeness (QED) is 0.818. The second-order valence-electron chi connectivity index (χ2n) is 4.40. The first-order valence-electron chi connectivity index (χ1n) is 5.95. The third-order valence-corrected chi connectivity index (χ3v) is 4.09. The Balaban J connectivity index is 2.01. The third kappa shape index (κ3) is 3.04. The number of imide groups is 1. The van der Waals surface area contributed by atoms with Crippen LogP contribution in [0, 0.1) is 0 Å². The van der Waals surface area contributed by atoms with Crippen molar-refractivity contribution < 1.29 is 9.59 Å². The van der Waals surface area contributed by atoms with E-state index >= 15 is 0 Å². The van der Waals surface area contributed by atoms with Crippen LogP contribution in [0.15, 0.2) is 23.1 Å². The minimum absolute atomic E-state index is 0.336. The number of aryl methyl sites for hydroxylation is 2. The van der Waals surface area contributed by atoms with Crippen LogP contribution in [0.1, 0.15) is 24.5 Å². The average Bonchev–Trinajstić information content (AvgIpc) is 2.75. The minimum Gasteiger partial charge on any atom is -0.351 e. The Labute approximate surface area is 110 Å². The van der Waals surface area contributed by atoms with Crippen LogP contribution in [0.2, 0.25) is 0 Å². The molecular weight excluding hydrogens is 248 g/mol. The lowest BCUT2D eigenvalue weighted by atomic mass is 10.1. The highest BCUT2D eigenvalue weighted by Crippen LogP contribution is 2.29. The molecular formula is C13H16N2O2S. The molecule has 0 radical (unpaired) electrons. The smallest absolute Gasteiger partial charge is 0.318 e. The Morgan fingerprint density at radius 3 is 2.78 bits per heavy atom. The van der Waals surface area contributed by atoms with Gasteiger partial charge in [0.05, 0.1) is 5.25 Å². The van der Waals surface area contributed by atoms with Gasteiger partial charge in [-0.25, -0.2) is 4.79 Å². The monoisotopic (exact) mass is 264 g/mol. The summed E-state index contributed by atoms with van der Waals surface area (Å²) in [7, 11) is 0. The molecule has 0 bridgehead atoms. The molecule has 1 unspecified atom stereocenters. The first-order chi connectivity index (χ1) is 8.56. The summed E-state index contributed by atoms with van der Waals surface area (Å²) in [6.07, 6.45) is 3.48. The van der Waals surface area contributed by atoms with E-state index in [9.17, 15) is 9.59 Å². The predicted octanol–water partition coefficient (Wildman–Crippen LogP) is 1.85. The summed E-state index contributed by atoms with van der Waals surface area (Å²) in [6.45, 7) is 1.76. The zero-order chi connectivity index (χ0) is 13.1. The van der Waals surface area contributed by atoms with Gasteiger partial charge in [0.25, 0.3) is 0 Å². The molecule has 5 heteroatoms. The number of primary amides is 1. The summed E-state index contributed by atoms with van der Waals surface area (Å²) in [5, 5.41) is 1.76. The lowest BCUT2D eigenvalue weighted by Crippen LogP contribution is -2.39. The molecule has 4 nitrogen and oxygen atoms in total. The maximum Gasteiger partial charge on any atom is 0.318 e. The van der Waals surface area contributed by atoms with Crippen LogP contribution in [0.3, 0.4) is 0 Å². The van der Waals surface area contributed by atoms with Crippen molar-refractivity contribution in [1.29, 1.82) is 0 Å². The SMILES string of the molecule is CC(Sc1ccc2c(c1)CCC2)C(=O)NC(N)=O. The Morgan fingerprint density at radius 2 is 2.06 bits per heavy atom. The maximum atomic E-state index is 11.6. The molecule has 1 atom stereocenters. The van der Waals surface area contributed by atoms with Crippen molar-refractivity contribution in [3.63, 3.8) is 0 Å². The van der Waals surface area contributed by atoms with Crippen LogP contribution in [0.5, 0.6) is 0 Å². The van der Waals surface area contributed by atoms with Gasteiger partial charge in [-0.3, -0.25) is 10.1 Å². The van der Waals surface area contributed by atoms with Gasteiger partial charge in [0.2, 0.25) is 5.91 Å². The summed E-state index contributed by atoms with van der Waals surface area (Å²) in [5.74, 6) is -0.354. The van der Waals surface area contributed by atoms with Crippen molar-refractivity contribution in [2.45, 2.75) is 36.3 Å². The van der Waals surface area contributed by atoms with Gasteiger partial charge < -0.3 is 5.73 Å². The second-order valence-corrected chi connectivity index (χ2v) is 5.81. The van der Waals surface area contributed by atoms with Crippen molar-refractivity contribution >= 4 is 23.7 Å². The van der Waals surface area contributed by atoms with E-state index in [1.54, 1.807) is 6.92 Å². The standard InChI is InChI=1S/C13H16N2O2S/c1-8(12(16)15-13(14)17)18-11-6-5-9-3-2-4-10(9)7-11/h5-8H,2-4H2,1H3,(H3,14,15,16,17). The van der Waals surface area contributed by atoms with Gasteiger partial charge in [-0.15, -0.1) is 11.8 Å². The fraction of sp³-hybridized carbons (Fsp3) is 0.385. The maximum absolute atomic E-state index is 11.6. The molecule has 1 aromatic rings. The molecule has 0 aliphatic heterocycles. The van der Waals surface area contributed by atoms with E-state index in [0.717, 1.165) is 17.7 Å². The van der Waals surface area contributed by atoms with Gasteiger partial charge in [0, 0.05) is 4.90 Å². The number of fused-ring (bicyclic) bond motifs is 1. The van der Waals surface area contributed by atoms with Crippen LogP contribution < -0.4 is 11.1 Å². The summed E-state index contributed by atoms with van der Waals surface area (Å²) in [6, 6.07) is 5.49. The Bertz CT molecular complexity index is 488. The topological polar surface area (TPSA) is 72.2 Å². The fourth-order valence-corrected chi connectivity index (χ4v) is 3.03. The zero-order valence-corrected chi connectivity index (χ0v) is 11.0. The van der Waals surface area contributed by atoms with Gasteiger partial charge in [-0.2, -0.15) is 0 Å². The van der Waals surface area contributed by atoms with Crippen molar-refractivity contribution in [1.82, 2.24) is 5.32 Å². The number of amides is 3. The van der Waals surface area contributed by atoms with Crippen LogP contribution in [-0.4, -0.2) is 17.2 Å². The fourth-order valence-electron chi connectivity index (χ4n) is 2.10. The molecule has 0 saturated heterocycles. The molecule has 0 fully saturated rings. The third-order valence-electron chi connectivity index (χ3n) is 3.00. The molecule has 96 valence electrons. The molecule has 3 amide bonds. The number of carbonyl (C=O) groups is 2. The molecule has 0 heterocycles. The van der Waals surface area contributed by atoms with Crippen LogP contribution >= 0.6 is 11.8 Å². The first kappa shape index (κ1) is 13.0. The molecule has 1 aliphatic carbocycles. The molecule has 2 rings (SSSR count). The Kier molecular flexibility index (Phi) is 3.91. The van der Waals surface area contributed by atoms with E-state index in [4.69, 9.17) is 5.73 Å². The lowest BCUT2D eigenvalue weighted by Gasteiger charge is -2.11. The van der Waals surface area contributed by atoms with Gasteiger partial charge in [-0.05, 0) is 49.4 Å². The average molecular weight is 264 g/mol. The van der Waals surface area contributed by atoms with E-state index in [0.29, 0.717) is 0 Å². The summed E-state index contributed by atoms with van der Waals surface area (Å²) < 4.78 is 0. The molecule has 0 aromatic heterocycles. The number of hydrogen-bond acceptors (Lipinski definition) is 3. The number of thioether (sulfide) groups is 1. The van der Waals surface area contributed by atoms with Crippen molar-refractivity contribution in [3.05, 3.63) is 29.3 Å². The molecule has 1 aliphatic rings. The molecule has 0 spiro atoms. The Hall–Kier alpha value is -1.49. The van der Waals surface area contributed by atoms with E-state index in [1.807, 2.05) is 6.07 Å². The second kappa shape index (κ2) is 5.44. The first-order valence-corrected chi connectivity index (χ1v) is 6.83. The highest BCUT2D eigenvalue weighted by atomic mass is 32.2. The number of carbonyl (C=O) groups excluding carboxylic acids is 2. The normalized spacial score (nSPS) is 14.9. The van der Waals surface area contributed by atoms with Crippen molar-refractivity contribution in [3.8, 4) is 0 Å². The van der Waals surface area contributed by atoms with E-state index in [1.165, 1.54) is 29.3 Å². The highest BCUT2D eigenvalue weighted by Gasteiger charge is 2.17. The Morgan fingerprint density at radius 1 is 1.33 bits per heavy atom. The predicted molar refractivity (Wildman–Crippen MR) is 71.5 cm³/mol.